The smallest absolute Gasteiger partial charge is 0.457 e. The second-order valence-electron chi connectivity index (χ2n) is 14.7. The number of ether oxygens (including phenoxy) is 2. The molecule has 9 nitrogen and oxygen atoms in total. The molecule has 3 atom stereocenters. The van der Waals surface area contributed by atoms with Crippen molar-refractivity contribution in [3.05, 3.63) is 85.1 Å². The average molecular weight is 835 g/mol. The van der Waals surface area contributed by atoms with Gasteiger partial charge in [0.25, 0.3) is 0 Å². The lowest BCUT2D eigenvalue weighted by molar-refractivity contribution is -0.154. The Bertz CT molecular complexity index is 1170. The first kappa shape index (κ1) is 55.6. The van der Waals surface area contributed by atoms with Gasteiger partial charge in [-0.15, -0.1) is 0 Å². The van der Waals surface area contributed by atoms with Crippen LogP contribution >= 0.6 is 7.82 Å². The van der Waals surface area contributed by atoms with Crippen molar-refractivity contribution in [1.29, 1.82) is 0 Å². The highest BCUT2D eigenvalue weighted by Gasteiger charge is 2.26. The zero-order valence-corrected chi connectivity index (χ0v) is 37.4. The van der Waals surface area contributed by atoms with E-state index >= 15 is 0 Å². The molecule has 58 heavy (non-hydrogen) atoms. The van der Waals surface area contributed by atoms with Gasteiger partial charge in [-0.1, -0.05) is 163 Å². The molecule has 0 radical (unpaired) electrons. The molecule has 3 unspecified atom stereocenters. The fraction of sp³-hybridized carbons (Fsp3) is 0.688. The first-order valence-electron chi connectivity index (χ1n) is 22.6. The molecule has 0 aromatic rings. The molecule has 0 aromatic carbocycles. The first-order valence-corrected chi connectivity index (χ1v) is 24.1. The van der Waals surface area contributed by atoms with E-state index in [9.17, 15) is 19.4 Å². The molecule has 0 heterocycles. The van der Waals surface area contributed by atoms with Crippen LogP contribution in [0.25, 0.3) is 0 Å². The van der Waals surface area contributed by atoms with Gasteiger partial charge in [0.15, 0.2) is 0 Å². The monoisotopic (exact) mass is 835 g/mol. The molecule has 0 aliphatic rings. The van der Waals surface area contributed by atoms with Gasteiger partial charge in [0.2, 0.25) is 0 Å². The van der Waals surface area contributed by atoms with Gasteiger partial charge >= 0.3 is 13.8 Å². The quantitative estimate of drug-likeness (QED) is 0.0238. The maximum absolute atomic E-state index is 12.6. The minimum absolute atomic E-state index is 0.0331. The Morgan fingerprint density at radius 1 is 0.534 bits per heavy atom. The van der Waals surface area contributed by atoms with E-state index in [1.807, 2.05) is 0 Å². The maximum atomic E-state index is 12.6. The summed E-state index contributed by atoms with van der Waals surface area (Å²) < 4.78 is 33.4. The Morgan fingerprint density at radius 2 is 0.931 bits per heavy atom. The number of hydrogen-bond acceptors (Lipinski definition) is 8. The molecule has 0 saturated carbocycles. The number of unbranched alkanes of at least 4 members (excludes halogenated alkanes) is 14. The molecular weight excluding hydrogens is 751 g/mol. The number of carbonyl (C=O) groups excluding carboxylic acids is 1. The standard InChI is InChI=1S/C48H83O9P/c1-3-5-7-9-11-13-15-17-19-21-23-24-26-28-30-32-34-36-38-40-48(51)57-47(45-56-58(52,53)55-43-46(50)42-49)44-54-41-39-37-35-33-31-29-27-25-22-20-18-16-14-12-10-8-6-4-2/h5-8,11-14,17-20,23-24,46-47,49-50H,3-4,9-10,15-16,21-22,25-45H2,1-2H3,(H,52,53)/b7-5-,8-6-,13-11-,14-12-,19-17-,20-18-,24-23-. The zero-order chi connectivity index (χ0) is 42.5. The number of aliphatic hydroxyl groups excluding tert-OH is 2. The summed E-state index contributed by atoms with van der Waals surface area (Å²) in [6.45, 7) is 3.24. The lowest BCUT2D eigenvalue weighted by atomic mass is 10.1. The summed E-state index contributed by atoms with van der Waals surface area (Å²) >= 11 is 0. The summed E-state index contributed by atoms with van der Waals surface area (Å²) in [5.41, 5.74) is 0. The summed E-state index contributed by atoms with van der Waals surface area (Å²) in [4.78, 5) is 22.6. The van der Waals surface area contributed by atoms with Gasteiger partial charge in [0.05, 0.1) is 26.4 Å². The average Bonchev–Trinajstić information content (AvgIpc) is 3.21. The summed E-state index contributed by atoms with van der Waals surface area (Å²) in [6.07, 6.45) is 53.9. The fourth-order valence-electron chi connectivity index (χ4n) is 5.71. The number of carbonyl (C=O) groups is 1. The van der Waals surface area contributed by atoms with Gasteiger partial charge in [0.1, 0.15) is 12.2 Å². The van der Waals surface area contributed by atoms with E-state index in [2.05, 4.69) is 98.9 Å². The van der Waals surface area contributed by atoms with E-state index in [1.165, 1.54) is 32.1 Å². The third kappa shape index (κ3) is 43.2. The zero-order valence-electron chi connectivity index (χ0n) is 36.5. The van der Waals surface area contributed by atoms with Crippen LogP contribution in [-0.2, 0) is 27.9 Å². The topological polar surface area (TPSA) is 132 Å². The van der Waals surface area contributed by atoms with E-state index in [0.717, 1.165) is 109 Å². The Morgan fingerprint density at radius 3 is 1.40 bits per heavy atom. The number of rotatable bonds is 42. The molecule has 0 fully saturated rings. The number of phosphoric acid groups is 1. The lowest BCUT2D eigenvalue weighted by Gasteiger charge is -2.20. The number of phosphoric ester groups is 1. The van der Waals surface area contributed by atoms with E-state index in [-0.39, 0.29) is 13.0 Å². The lowest BCUT2D eigenvalue weighted by Crippen LogP contribution is -2.29. The molecule has 0 aliphatic carbocycles. The molecule has 0 rings (SSSR count). The summed E-state index contributed by atoms with van der Waals surface area (Å²) in [6, 6.07) is 0. The van der Waals surface area contributed by atoms with Crippen LogP contribution in [0, 0.1) is 0 Å². The fourth-order valence-corrected chi connectivity index (χ4v) is 6.50. The number of hydrogen-bond donors (Lipinski definition) is 3. The molecule has 0 spiro atoms. The van der Waals surface area contributed by atoms with Gasteiger partial charge in [-0.3, -0.25) is 13.8 Å². The van der Waals surface area contributed by atoms with Gasteiger partial charge < -0.3 is 24.6 Å². The van der Waals surface area contributed by atoms with Crippen molar-refractivity contribution < 1.29 is 43.0 Å². The highest BCUT2D eigenvalue weighted by atomic mass is 31.2. The second kappa shape index (κ2) is 44.2. The van der Waals surface area contributed by atoms with Crippen LogP contribution in [0.4, 0.5) is 0 Å². The Hall–Kier alpha value is -2.36. The van der Waals surface area contributed by atoms with E-state index < -0.39 is 45.8 Å². The number of aliphatic hydroxyl groups is 2. The molecule has 0 saturated heterocycles. The third-order valence-electron chi connectivity index (χ3n) is 9.08. The van der Waals surface area contributed by atoms with Crippen molar-refractivity contribution in [2.45, 2.75) is 180 Å². The highest BCUT2D eigenvalue weighted by molar-refractivity contribution is 7.47. The van der Waals surface area contributed by atoms with E-state index in [1.54, 1.807) is 0 Å². The largest absolute Gasteiger partial charge is 0.472 e. The molecule has 10 heteroatoms. The van der Waals surface area contributed by atoms with Crippen LogP contribution in [0.1, 0.15) is 168 Å². The van der Waals surface area contributed by atoms with Crippen LogP contribution < -0.4 is 0 Å². The number of allylic oxidation sites excluding steroid dienone is 14. The van der Waals surface area contributed by atoms with E-state index in [0.29, 0.717) is 13.0 Å². The van der Waals surface area contributed by atoms with Crippen molar-refractivity contribution >= 4 is 13.8 Å². The highest BCUT2D eigenvalue weighted by Crippen LogP contribution is 2.43. The molecule has 0 aliphatic heterocycles. The SMILES string of the molecule is CC/C=C\C/C=C\C/C=C\C/C=C\CCCCCCCCC(=O)OC(COCCCCCCCCCC/C=C\C/C=C\C/C=C\CC)COP(=O)(O)OCC(O)CO. The van der Waals surface area contributed by atoms with Gasteiger partial charge in [-0.2, -0.15) is 0 Å². The molecule has 334 valence electrons. The summed E-state index contributed by atoms with van der Waals surface area (Å²) in [5, 5.41) is 18.4. The van der Waals surface area contributed by atoms with Gasteiger partial charge in [0, 0.05) is 13.0 Å². The molecule has 3 N–H and O–H groups in total. The summed E-state index contributed by atoms with van der Waals surface area (Å²) in [7, 11) is -4.53. The molecule has 0 aromatic heterocycles. The third-order valence-corrected chi connectivity index (χ3v) is 10.0. The predicted octanol–water partition coefficient (Wildman–Crippen LogP) is 12.7. The van der Waals surface area contributed by atoms with Crippen molar-refractivity contribution in [3.8, 4) is 0 Å². The van der Waals surface area contributed by atoms with Crippen molar-refractivity contribution in [2.24, 2.45) is 0 Å². The van der Waals surface area contributed by atoms with Crippen molar-refractivity contribution in [1.82, 2.24) is 0 Å². The molecule has 0 bridgehead atoms. The van der Waals surface area contributed by atoms with Crippen LogP contribution in [0.5, 0.6) is 0 Å². The Labute approximate surface area is 354 Å². The minimum Gasteiger partial charge on any atom is -0.457 e. The predicted molar refractivity (Wildman–Crippen MR) is 242 cm³/mol. The Balaban J connectivity index is 4.21. The first-order chi connectivity index (χ1) is 28.3. The number of esters is 1. The van der Waals surface area contributed by atoms with Crippen LogP contribution in [-0.4, -0.2) is 66.3 Å². The van der Waals surface area contributed by atoms with E-state index in [4.69, 9.17) is 23.6 Å². The minimum atomic E-state index is -4.53. The Kier molecular flexibility index (Phi) is 42.4. The van der Waals surface area contributed by atoms with Crippen molar-refractivity contribution in [3.63, 3.8) is 0 Å². The van der Waals surface area contributed by atoms with Gasteiger partial charge in [-0.25, -0.2) is 4.57 Å². The second-order valence-corrected chi connectivity index (χ2v) is 16.1. The van der Waals surface area contributed by atoms with Gasteiger partial charge in [-0.05, 0) is 83.5 Å². The van der Waals surface area contributed by atoms with Crippen molar-refractivity contribution in [2.75, 3.05) is 33.0 Å². The maximum Gasteiger partial charge on any atom is 0.472 e. The molecular formula is C48H83O9P. The van der Waals surface area contributed by atoms with Crippen LogP contribution in [0.15, 0.2) is 85.1 Å². The van der Waals surface area contributed by atoms with Crippen LogP contribution in [0.2, 0.25) is 0 Å². The summed E-state index contributed by atoms with van der Waals surface area (Å²) in [5.74, 6) is -0.403. The van der Waals surface area contributed by atoms with Crippen LogP contribution in [0.3, 0.4) is 0 Å². The normalized spacial score (nSPS) is 14.8. The molecule has 0 amide bonds.